The van der Waals surface area contributed by atoms with Crippen LogP contribution in [0.15, 0.2) is 24.8 Å². The second kappa shape index (κ2) is 9.17. The van der Waals surface area contributed by atoms with E-state index >= 15 is 0 Å². The summed E-state index contributed by atoms with van der Waals surface area (Å²) in [5.74, 6) is 0. The molecule has 0 bridgehead atoms. The van der Waals surface area contributed by atoms with E-state index in [1.54, 1.807) is 12.2 Å². The minimum atomic E-state index is 0. The number of carbonyl (C=O) groups excluding carboxylic acids is 1. The molecular formula is C5H6CoO. The molecule has 0 amide bonds. The van der Waals surface area contributed by atoms with Crippen LogP contribution in [0.2, 0.25) is 0 Å². The van der Waals surface area contributed by atoms with Crippen LogP contribution in [0.5, 0.6) is 0 Å². The maximum Gasteiger partial charge on any atom is 0.142 e. The first-order valence-corrected chi connectivity index (χ1v) is 1.64. The van der Waals surface area contributed by atoms with E-state index in [0.29, 0.717) is 6.29 Å². The molecule has 0 unspecified atom stereocenters. The maximum absolute atomic E-state index is 9.43. The summed E-state index contributed by atoms with van der Waals surface area (Å²) in [6.45, 7) is 3.35. The molecule has 0 rings (SSSR count). The molecule has 41 valence electrons. The third-order valence-corrected chi connectivity index (χ3v) is 0.326. The van der Waals surface area contributed by atoms with Crippen LogP contribution in [0.3, 0.4) is 0 Å². The molecule has 0 spiro atoms. The van der Waals surface area contributed by atoms with Crippen LogP contribution < -0.4 is 0 Å². The summed E-state index contributed by atoms with van der Waals surface area (Å²) >= 11 is 0. The van der Waals surface area contributed by atoms with Crippen LogP contribution in [-0.4, -0.2) is 6.29 Å². The van der Waals surface area contributed by atoms with Crippen LogP contribution >= 0.6 is 0 Å². The van der Waals surface area contributed by atoms with Gasteiger partial charge in [-0.1, -0.05) is 18.7 Å². The van der Waals surface area contributed by atoms with Crippen LogP contribution in [0.25, 0.3) is 0 Å². The van der Waals surface area contributed by atoms with Gasteiger partial charge in [0.05, 0.1) is 0 Å². The SMILES string of the molecule is C=CC=CC=O.[Co]. The van der Waals surface area contributed by atoms with Gasteiger partial charge in [-0.3, -0.25) is 4.79 Å². The van der Waals surface area contributed by atoms with Crippen molar-refractivity contribution < 1.29 is 21.6 Å². The Labute approximate surface area is 53.3 Å². The van der Waals surface area contributed by atoms with Gasteiger partial charge in [0, 0.05) is 16.8 Å². The first-order valence-electron chi connectivity index (χ1n) is 1.64. The van der Waals surface area contributed by atoms with E-state index < -0.39 is 0 Å². The average Bonchev–Trinajstić information content (AvgIpc) is 1.61. The maximum atomic E-state index is 9.43. The van der Waals surface area contributed by atoms with Gasteiger partial charge in [0.25, 0.3) is 0 Å². The summed E-state index contributed by atoms with van der Waals surface area (Å²) < 4.78 is 0. The van der Waals surface area contributed by atoms with Crippen LogP contribution in [-0.2, 0) is 21.6 Å². The predicted molar refractivity (Wildman–Crippen MR) is 25.4 cm³/mol. The molecule has 0 aromatic rings. The third kappa shape index (κ3) is 10.7. The molecule has 1 nitrogen and oxygen atoms in total. The van der Waals surface area contributed by atoms with E-state index in [1.165, 1.54) is 6.08 Å². The molecule has 1 radical (unpaired) electrons. The van der Waals surface area contributed by atoms with Crippen LogP contribution in [0.1, 0.15) is 0 Å². The molecule has 2 heteroatoms. The Morgan fingerprint density at radius 3 is 2.00 bits per heavy atom. The van der Waals surface area contributed by atoms with Crippen molar-refractivity contribution in [3.63, 3.8) is 0 Å². The molecule has 0 saturated heterocycles. The number of hydrogen-bond donors (Lipinski definition) is 0. The van der Waals surface area contributed by atoms with Crippen molar-refractivity contribution in [2.24, 2.45) is 0 Å². The van der Waals surface area contributed by atoms with E-state index in [4.69, 9.17) is 0 Å². The van der Waals surface area contributed by atoms with Gasteiger partial charge >= 0.3 is 0 Å². The van der Waals surface area contributed by atoms with Gasteiger partial charge in [-0.05, 0) is 6.08 Å². The van der Waals surface area contributed by atoms with Crippen molar-refractivity contribution in [1.82, 2.24) is 0 Å². The molecule has 0 fully saturated rings. The molecule has 0 heterocycles. The molecule has 0 saturated carbocycles. The van der Waals surface area contributed by atoms with E-state index in [2.05, 4.69) is 6.58 Å². The fourth-order valence-corrected chi connectivity index (χ4v) is 0.124. The van der Waals surface area contributed by atoms with Gasteiger partial charge < -0.3 is 0 Å². The first kappa shape index (κ1) is 9.82. The molecule has 0 aliphatic rings. The van der Waals surface area contributed by atoms with Gasteiger partial charge in [-0.25, -0.2) is 0 Å². The Kier molecular flexibility index (Phi) is 12.9. The van der Waals surface area contributed by atoms with E-state index in [-0.39, 0.29) is 16.8 Å². The van der Waals surface area contributed by atoms with Crippen molar-refractivity contribution in [3.8, 4) is 0 Å². The molecule has 7 heavy (non-hydrogen) atoms. The van der Waals surface area contributed by atoms with Crippen LogP contribution in [0.4, 0.5) is 0 Å². The summed E-state index contributed by atoms with van der Waals surface area (Å²) in [4.78, 5) is 9.43. The predicted octanol–water partition coefficient (Wildman–Crippen LogP) is 0.925. The Morgan fingerprint density at radius 2 is 1.86 bits per heavy atom. The van der Waals surface area contributed by atoms with Crippen molar-refractivity contribution in [2.45, 2.75) is 0 Å². The van der Waals surface area contributed by atoms with E-state index in [1.807, 2.05) is 0 Å². The zero-order valence-electron chi connectivity index (χ0n) is 3.76. The molecule has 0 aromatic carbocycles. The van der Waals surface area contributed by atoms with Gasteiger partial charge in [-0.2, -0.15) is 0 Å². The normalized spacial score (nSPS) is 7.43. The number of aldehydes is 1. The summed E-state index contributed by atoms with van der Waals surface area (Å²) in [5.41, 5.74) is 0. The smallest absolute Gasteiger partial charge is 0.142 e. The van der Waals surface area contributed by atoms with E-state index in [0.717, 1.165) is 0 Å². The summed E-state index contributed by atoms with van der Waals surface area (Å²) in [7, 11) is 0. The van der Waals surface area contributed by atoms with Gasteiger partial charge in [0.1, 0.15) is 6.29 Å². The largest absolute Gasteiger partial charge is 0.299 e. The minimum Gasteiger partial charge on any atom is -0.299 e. The van der Waals surface area contributed by atoms with Gasteiger partial charge in [0.2, 0.25) is 0 Å². The number of hydrogen-bond acceptors (Lipinski definition) is 1. The monoisotopic (exact) mass is 141 g/mol. The first-order chi connectivity index (χ1) is 2.91. The molecule has 0 N–H and O–H groups in total. The molecular weight excluding hydrogens is 135 g/mol. The standard InChI is InChI=1S/C5H6O.Co/c1-2-3-4-5-6;/h2-5H,1H2;. The van der Waals surface area contributed by atoms with Crippen LogP contribution in [0, 0.1) is 0 Å². The second-order valence-electron chi connectivity index (χ2n) is 0.757. The zero-order chi connectivity index (χ0) is 4.83. The quantitative estimate of drug-likeness (QED) is 0.317. The second-order valence-corrected chi connectivity index (χ2v) is 0.757. The van der Waals surface area contributed by atoms with E-state index in [9.17, 15) is 4.79 Å². The third-order valence-electron chi connectivity index (χ3n) is 0.326. The van der Waals surface area contributed by atoms with Crippen molar-refractivity contribution in [2.75, 3.05) is 0 Å². The average molecular weight is 141 g/mol. The number of rotatable bonds is 2. The summed E-state index contributed by atoms with van der Waals surface area (Å²) in [6, 6.07) is 0. The minimum absolute atomic E-state index is 0. The Balaban J connectivity index is 0. The Hall–Kier alpha value is -0.344. The summed E-state index contributed by atoms with van der Waals surface area (Å²) in [5, 5.41) is 0. The topological polar surface area (TPSA) is 17.1 Å². The molecule has 0 aliphatic heterocycles. The summed E-state index contributed by atoms with van der Waals surface area (Å²) in [6.07, 6.45) is 5.22. The fourth-order valence-electron chi connectivity index (χ4n) is 0.124. The van der Waals surface area contributed by atoms with Crippen molar-refractivity contribution >= 4 is 6.29 Å². The number of carbonyl (C=O) groups is 1. The van der Waals surface area contributed by atoms with Gasteiger partial charge in [0.15, 0.2) is 0 Å². The van der Waals surface area contributed by atoms with Crippen molar-refractivity contribution in [1.29, 1.82) is 0 Å². The molecule has 0 aromatic heterocycles. The van der Waals surface area contributed by atoms with Gasteiger partial charge in [-0.15, -0.1) is 0 Å². The zero-order valence-corrected chi connectivity index (χ0v) is 4.80. The fraction of sp³-hybridized carbons (Fsp3) is 0. The number of allylic oxidation sites excluding steroid dienone is 3. The Morgan fingerprint density at radius 1 is 1.29 bits per heavy atom. The Bertz CT molecular complexity index is 66.1. The molecule has 0 aliphatic carbocycles. The van der Waals surface area contributed by atoms with Crippen molar-refractivity contribution in [3.05, 3.63) is 24.8 Å². The molecule has 0 atom stereocenters.